The molecule has 0 fully saturated rings. The molecule has 0 atom stereocenters. The maximum Gasteiger partial charge on any atom is 0.159 e. The summed E-state index contributed by atoms with van der Waals surface area (Å²) in [6, 6.07) is 0. The van der Waals surface area contributed by atoms with E-state index < -0.39 is 0 Å². The van der Waals surface area contributed by atoms with Crippen molar-refractivity contribution in [1.82, 2.24) is 15.3 Å². The third kappa shape index (κ3) is 3.62. The number of rotatable bonds is 4. The van der Waals surface area contributed by atoms with Crippen molar-refractivity contribution in [2.75, 3.05) is 13.6 Å². The third-order valence-electron chi connectivity index (χ3n) is 2.75. The second-order valence-electron chi connectivity index (χ2n) is 4.13. The Labute approximate surface area is 116 Å². The van der Waals surface area contributed by atoms with Gasteiger partial charge in [-0.15, -0.1) is 0 Å². The number of hydrogen-bond acceptors (Lipinski definition) is 3. The highest BCUT2D eigenvalue weighted by Gasteiger charge is 2.04. The van der Waals surface area contributed by atoms with Crippen molar-refractivity contribution < 1.29 is 0 Å². The van der Waals surface area contributed by atoms with Gasteiger partial charge in [0.1, 0.15) is 0 Å². The van der Waals surface area contributed by atoms with Crippen LogP contribution in [0.4, 0.5) is 0 Å². The molecule has 0 saturated heterocycles. The molecule has 1 heterocycles. The molecule has 18 heavy (non-hydrogen) atoms. The maximum atomic E-state index is 4.31. The van der Waals surface area contributed by atoms with Crippen molar-refractivity contribution in [3.05, 3.63) is 52.6 Å². The number of halogens is 1. The Bertz CT molecular complexity index is 486. The number of nitrogens with zero attached hydrogens (tertiary/aromatic N) is 2. The molecule has 1 aliphatic carbocycles. The number of aromatic nitrogens is 2. The van der Waals surface area contributed by atoms with E-state index in [9.17, 15) is 0 Å². The van der Waals surface area contributed by atoms with Gasteiger partial charge in [0, 0.05) is 18.0 Å². The summed E-state index contributed by atoms with van der Waals surface area (Å²) in [5.41, 5.74) is 2.48. The molecule has 0 spiro atoms. The van der Waals surface area contributed by atoms with Crippen LogP contribution in [0.5, 0.6) is 0 Å². The van der Waals surface area contributed by atoms with Gasteiger partial charge in [0.05, 0.1) is 4.47 Å². The van der Waals surface area contributed by atoms with Crippen LogP contribution in [0.15, 0.2) is 46.7 Å². The summed E-state index contributed by atoms with van der Waals surface area (Å²) < 4.78 is 0.898. The molecule has 0 aromatic carbocycles. The van der Waals surface area contributed by atoms with Gasteiger partial charge in [-0.05, 0) is 42.4 Å². The van der Waals surface area contributed by atoms with Crippen LogP contribution in [0.1, 0.15) is 18.7 Å². The lowest BCUT2D eigenvalue weighted by Gasteiger charge is -2.01. The lowest BCUT2D eigenvalue weighted by molar-refractivity contribution is 0.776. The van der Waals surface area contributed by atoms with Crippen LogP contribution in [-0.2, 0) is 0 Å². The van der Waals surface area contributed by atoms with Gasteiger partial charge >= 0.3 is 0 Å². The average molecular weight is 306 g/mol. The molecule has 0 radical (unpaired) electrons. The molecule has 0 saturated carbocycles. The zero-order chi connectivity index (χ0) is 12.8. The van der Waals surface area contributed by atoms with Gasteiger partial charge in [0.25, 0.3) is 0 Å². The highest BCUT2D eigenvalue weighted by molar-refractivity contribution is 9.10. The monoisotopic (exact) mass is 305 g/mol. The standard InChI is InChI=1S/C14H16BrN3/c1-16-8-7-11-3-2-4-12(6-5-11)14-17-9-13(15)10-18-14/h2,4-6,9-10,16H,3,7-8H2,1H3. The summed E-state index contributed by atoms with van der Waals surface area (Å²) in [6.45, 7) is 1.01. The Morgan fingerprint density at radius 3 is 2.78 bits per heavy atom. The Morgan fingerprint density at radius 2 is 2.06 bits per heavy atom. The molecule has 0 bridgehead atoms. The maximum absolute atomic E-state index is 4.31. The zero-order valence-corrected chi connectivity index (χ0v) is 11.9. The molecule has 2 rings (SSSR count). The molecule has 1 aromatic heterocycles. The van der Waals surface area contributed by atoms with Crippen LogP contribution in [0.25, 0.3) is 5.57 Å². The summed E-state index contributed by atoms with van der Waals surface area (Å²) in [5.74, 6) is 0.764. The second kappa shape index (κ2) is 6.61. The molecule has 4 heteroatoms. The van der Waals surface area contributed by atoms with Gasteiger partial charge in [-0.25, -0.2) is 9.97 Å². The lowest BCUT2D eigenvalue weighted by Crippen LogP contribution is -2.08. The summed E-state index contributed by atoms with van der Waals surface area (Å²) in [5, 5.41) is 3.17. The first-order chi connectivity index (χ1) is 8.79. The first kappa shape index (κ1) is 13.2. The van der Waals surface area contributed by atoms with Crippen molar-refractivity contribution in [2.24, 2.45) is 0 Å². The van der Waals surface area contributed by atoms with Crippen LogP contribution in [-0.4, -0.2) is 23.6 Å². The smallest absolute Gasteiger partial charge is 0.159 e. The highest BCUT2D eigenvalue weighted by Crippen LogP contribution is 2.19. The molecule has 3 nitrogen and oxygen atoms in total. The van der Waals surface area contributed by atoms with Crippen LogP contribution in [0, 0.1) is 0 Å². The van der Waals surface area contributed by atoms with Gasteiger partial charge in [-0.2, -0.15) is 0 Å². The Morgan fingerprint density at radius 1 is 1.28 bits per heavy atom. The molecule has 0 aliphatic heterocycles. The van der Waals surface area contributed by atoms with Gasteiger partial charge in [0.2, 0.25) is 0 Å². The fourth-order valence-electron chi connectivity index (χ4n) is 1.75. The minimum Gasteiger partial charge on any atom is -0.319 e. The van der Waals surface area contributed by atoms with E-state index in [0.29, 0.717) is 0 Å². The molecule has 1 aromatic rings. The van der Waals surface area contributed by atoms with E-state index in [1.165, 1.54) is 5.57 Å². The van der Waals surface area contributed by atoms with Crippen molar-refractivity contribution >= 4 is 21.5 Å². The molecule has 94 valence electrons. The van der Waals surface area contributed by atoms with Gasteiger partial charge in [-0.3, -0.25) is 0 Å². The Balaban J connectivity index is 2.16. The van der Waals surface area contributed by atoms with Crippen LogP contribution in [0.2, 0.25) is 0 Å². The minimum absolute atomic E-state index is 0.764. The molecule has 0 amide bonds. The second-order valence-corrected chi connectivity index (χ2v) is 5.05. The van der Waals surface area contributed by atoms with E-state index >= 15 is 0 Å². The summed E-state index contributed by atoms with van der Waals surface area (Å²) in [4.78, 5) is 8.62. The van der Waals surface area contributed by atoms with E-state index in [0.717, 1.165) is 35.3 Å². The van der Waals surface area contributed by atoms with Crippen LogP contribution >= 0.6 is 15.9 Å². The first-order valence-electron chi connectivity index (χ1n) is 5.98. The van der Waals surface area contributed by atoms with E-state index in [4.69, 9.17) is 0 Å². The number of nitrogens with one attached hydrogen (secondary N) is 1. The largest absolute Gasteiger partial charge is 0.319 e. The molecular formula is C14H16BrN3. The topological polar surface area (TPSA) is 37.8 Å². The van der Waals surface area contributed by atoms with Crippen LogP contribution < -0.4 is 5.32 Å². The molecule has 0 unspecified atom stereocenters. The van der Waals surface area contributed by atoms with E-state index in [1.807, 2.05) is 7.05 Å². The lowest BCUT2D eigenvalue weighted by atomic mass is 10.1. The normalized spacial score (nSPS) is 15.0. The predicted molar refractivity (Wildman–Crippen MR) is 78.1 cm³/mol. The van der Waals surface area contributed by atoms with Crippen molar-refractivity contribution in [2.45, 2.75) is 12.8 Å². The third-order valence-corrected chi connectivity index (χ3v) is 3.16. The fourth-order valence-corrected chi connectivity index (χ4v) is 1.95. The molecule has 1 aliphatic rings. The first-order valence-corrected chi connectivity index (χ1v) is 6.77. The highest BCUT2D eigenvalue weighted by atomic mass is 79.9. The fraction of sp³-hybridized carbons (Fsp3) is 0.286. The molecular weight excluding hydrogens is 290 g/mol. The summed E-state index contributed by atoms with van der Waals surface area (Å²) in [7, 11) is 1.98. The van der Waals surface area contributed by atoms with Gasteiger partial charge in [-0.1, -0.05) is 29.9 Å². The van der Waals surface area contributed by atoms with E-state index in [-0.39, 0.29) is 0 Å². The van der Waals surface area contributed by atoms with Gasteiger partial charge < -0.3 is 5.32 Å². The van der Waals surface area contributed by atoms with Crippen molar-refractivity contribution in [1.29, 1.82) is 0 Å². The average Bonchev–Trinajstić information content (AvgIpc) is 2.63. The van der Waals surface area contributed by atoms with E-state index in [2.05, 4.69) is 55.5 Å². The molecule has 1 N–H and O–H groups in total. The quantitative estimate of drug-likeness (QED) is 0.929. The number of hydrogen-bond donors (Lipinski definition) is 1. The number of allylic oxidation sites excluding steroid dienone is 5. The Kier molecular flexibility index (Phi) is 4.84. The van der Waals surface area contributed by atoms with E-state index in [1.54, 1.807) is 12.4 Å². The SMILES string of the molecule is CNCCC1=CC=C(c2ncc(Br)cn2)C=CC1. The summed E-state index contributed by atoms with van der Waals surface area (Å²) in [6.07, 6.45) is 14.2. The Hall–Kier alpha value is -1.26. The predicted octanol–water partition coefficient (Wildman–Crippen LogP) is 3.12. The minimum atomic E-state index is 0.764. The summed E-state index contributed by atoms with van der Waals surface area (Å²) >= 11 is 3.34. The zero-order valence-electron chi connectivity index (χ0n) is 10.4. The van der Waals surface area contributed by atoms with Crippen molar-refractivity contribution in [3.8, 4) is 0 Å². The van der Waals surface area contributed by atoms with Gasteiger partial charge in [0.15, 0.2) is 5.82 Å². The van der Waals surface area contributed by atoms with Crippen molar-refractivity contribution in [3.63, 3.8) is 0 Å². The van der Waals surface area contributed by atoms with Crippen LogP contribution in [0.3, 0.4) is 0 Å².